The van der Waals surface area contributed by atoms with Gasteiger partial charge in [-0.15, -0.1) is 0 Å². The van der Waals surface area contributed by atoms with E-state index in [9.17, 15) is 14.4 Å². The number of hydrogen-bond donors (Lipinski definition) is 1. The maximum atomic E-state index is 12.8. The molecule has 0 spiro atoms. The Balaban J connectivity index is 1.70. The summed E-state index contributed by atoms with van der Waals surface area (Å²) in [5.74, 6) is 1.42. The molecule has 2 heterocycles. The Morgan fingerprint density at radius 2 is 1.74 bits per heavy atom. The molecule has 1 amide bonds. The molecule has 0 aliphatic carbocycles. The lowest BCUT2D eigenvalue weighted by atomic mass is 9.95. The van der Waals surface area contributed by atoms with Crippen molar-refractivity contribution in [2.24, 2.45) is 20.0 Å². The van der Waals surface area contributed by atoms with Crippen LogP contribution in [0.5, 0.6) is 11.5 Å². The van der Waals surface area contributed by atoms with Gasteiger partial charge in [0.2, 0.25) is 5.91 Å². The molecule has 2 aromatic heterocycles. The van der Waals surface area contributed by atoms with Crippen LogP contribution < -0.4 is 26.0 Å². The minimum Gasteiger partial charge on any atom is -0.490 e. The van der Waals surface area contributed by atoms with Crippen LogP contribution in [0.1, 0.15) is 52.1 Å². The van der Waals surface area contributed by atoms with Gasteiger partial charge in [-0.1, -0.05) is 19.9 Å². The first-order valence-corrected chi connectivity index (χ1v) is 12.0. The van der Waals surface area contributed by atoms with Gasteiger partial charge in [0, 0.05) is 27.1 Å². The summed E-state index contributed by atoms with van der Waals surface area (Å²) in [5, 5.41) is 3.14. The van der Waals surface area contributed by atoms with E-state index < -0.39 is 11.2 Å². The minimum atomic E-state index is -0.423. The number of nitrogens with one attached hydrogen (secondary N) is 1. The lowest BCUT2D eigenvalue weighted by Crippen LogP contribution is -2.37. The minimum absolute atomic E-state index is 0.0831. The summed E-state index contributed by atoms with van der Waals surface area (Å²) in [6.07, 6.45) is 2.33. The number of imidazole rings is 1. The molecule has 3 rings (SSSR count). The van der Waals surface area contributed by atoms with Crippen molar-refractivity contribution in [1.29, 1.82) is 0 Å². The Bertz CT molecular complexity index is 1300. The Morgan fingerprint density at radius 3 is 2.40 bits per heavy atom. The lowest BCUT2D eigenvalue weighted by molar-refractivity contribution is -0.122. The van der Waals surface area contributed by atoms with E-state index in [0.29, 0.717) is 48.8 Å². The predicted octanol–water partition coefficient (Wildman–Crippen LogP) is 2.52. The molecular weight excluding hydrogens is 450 g/mol. The number of aromatic nitrogens is 4. The summed E-state index contributed by atoms with van der Waals surface area (Å²) >= 11 is 0. The third-order valence-electron chi connectivity index (χ3n) is 5.93. The van der Waals surface area contributed by atoms with Crippen molar-refractivity contribution in [2.75, 3.05) is 13.2 Å². The first-order valence-electron chi connectivity index (χ1n) is 12.0. The van der Waals surface area contributed by atoms with Gasteiger partial charge in [-0.3, -0.25) is 18.7 Å². The number of aryl methyl sites for hydroxylation is 2. The first kappa shape index (κ1) is 26.1. The number of ether oxygens (including phenoxy) is 2. The van der Waals surface area contributed by atoms with Crippen molar-refractivity contribution in [1.82, 2.24) is 24.0 Å². The molecule has 0 saturated heterocycles. The molecule has 0 aliphatic rings. The molecular formula is C25H35N5O5. The summed E-state index contributed by atoms with van der Waals surface area (Å²) < 4.78 is 15.5. The fraction of sp³-hybridized carbons (Fsp3) is 0.520. The van der Waals surface area contributed by atoms with Gasteiger partial charge in [0.1, 0.15) is 0 Å². The van der Waals surface area contributed by atoms with E-state index in [1.807, 2.05) is 32.0 Å². The van der Waals surface area contributed by atoms with Gasteiger partial charge in [0.15, 0.2) is 22.7 Å². The molecule has 190 valence electrons. The number of hydrogen-bond acceptors (Lipinski definition) is 6. The van der Waals surface area contributed by atoms with E-state index in [-0.39, 0.29) is 24.3 Å². The average molecular weight is 486 g/mol. The molecule has 0 aliphatic heterocycles. The van der Waals surface area contributed by atoms with Crippen LogP contribution in [0.15, 0.2) is 34.1 Å². The second kappa shape index (κ2) is 11.2. The fourth-order valence-electron chi connectivity index (χ4n) is 4.12. The smallest absolute Gasteiger partial charge is 0.332 e. The van der Waals surface area contributed by atoms with Gasteiger partial charge in [0.05, 0.1) is 25.6 Å². The number of benzene rings is 1. The van der Waals surface area contributed by atoms with Crippen LogP contribution in [0.2, 0.25) is 0 Å². The van der Waals surface area contributed by atoms with Crippen LogP contribution in [0.3, 0.4) is 0 Å². The van der Waals surface area contributed by atoms with Crippen molar-refractivity contribution in [3.8, 4) is 11.5 Å². The molecule has 10 heteroatoms. The van der Waals surface area contributed by atoms with Gasteiger partial charge in [0.25, 0.3) is 5.56 Å². The number of fused-ring (bicyclic) bond motifs is 1. The van der Waals surface area contributed by atoms with E-state index >= 15 is 0 Å². The standard InChI is InChI=1S/C25H35N5O5/c1-7-34-18-12-11-17(14-19(18)35-8-2)21(16(3)4)27-20(31)10-9-13-30-15-26-23-22(30)24(32)29(6)25(33)28(23)5/h11-12,14-16,21H,7-10,13H2,1-6H3,(H,27,31). The van der Waals surface area contributed by atoms with Gasteiger partial charge in [-0.2, -0.15) is 0 Å². The summed E-state index contributed by atoms with van der Waals surface area (Å²) in [4.78, 5) is 41.7. The molecule has 3 aromatic rings. The molecule has 0 bridgehead atoms. The molecule has 0 radical (unpaired) electrons. The summed E-state index contributed by atoms with van der Waals surface area (Å²) in [7, 11) is 3.03. The number of nitrogens with zero attached hydrogens (tertiary/aromatic N) is 4. The van der Waals surface area contributed by atoms with Crippen LogP contribution in [-0.4, -0.2) is 37.8 Å². The van der Waals surface area contributed by atoms with E-state index in [2.05, 4.69) is 24.1 Å². The van der Waals surface area contributed by atoms with Crippen LogP contribution in [0.4, 0.5) is 0 Å². The lowest BCUT2D eigenvalue weighted by Gasteiger charge is -2.24. The third-order valence-corrected chi connectivity index (χ3v) is 5.93. The quantitative estimate of drug-likeness (QED) is 0.447. The molecule has 0 fully saturated rings. The van der Waals surface area contributed by atoms with Crippen LogP contribution in [0, 0.1) is 5.92 Å². The van der Waals surface area contributed by atoms with E-state index in [4.69, 9.17) is 9.47 Å². The molecule has 1 N–H and O–H groups in total. The van der Waals surface area contributed by atoms with Gasteiger partial charge in [-0.25, -0.2) is 9.78 Å². The van der Waals surface area contributed by atoms with Gasteiger partial charge < -0.3 is 19.4 Å². The van der Waals surface area contributed by atoms with Crippen molar-refractivity contribution in [2.45, 2.75) is 53.1 Å². The topological polar surface area (TPSA) is 109 Å². The SMILES string of the molecule is CCOc1ccc(C(NC(=O)CCCn2cnc3c2c(=O)n(C)c(=O)n3C)C(C)C)cc1OCC. The Labute approximate surface area is 204 Å². The zero-order valence-electron chi connectivity index (χ0n) is 21.3. The van der Waals surface area contributed by atoms with Gasteiger partial charge in [-0.05, 0) is 43.9 Å². The first-order chi connectivity index (χ1) is 16.7. The Morgan fingerprint density at radius 1 is 1.06 bits per heavy atom. The normalized spacial score (nSPS) is 12.2. The highest BCUT2D eigenvalue weighted by atomic mass is 16.5. The number of carbonyl (C=O) groups excluding carboxylic acids is 1. The summed E-state index contributed by atoms with van der Waals surface area (Å²) in [5.41, 5.74) is 0.820. The molecule has 1 atom stereocenters. The number of rotatable bonds is 11. The Hall–Kier alpha value is -3.56. The second-order valence-corrected chi connectivity index (χ2v) is 8.78. The maximum absolute atomic E-state index is 12.8. The summed E-state index contributed by atoms with van der Waals surface area (Å²) in [6.45, 7) is 9.44. The zero-order chi connectivity index (χ0) is 25.7. The molecule has 1 unspecified atom stereocenters. The largest absolute Gasteiger partial charge is 0.490 e. The highest BCUT2D eigenvalue weighted by Crippen LogP contribution is 2.33. The van der Waals surface area contributed by atoms with Gasteiger partial charge >= 0.3 is 5.69 Å². The number of carbonyl (C=O) groups is 1. The molecule has 10 nitrogen and oxygen atoms in total. The average Bonchev–Trinajstić information content (AvgIpc) is 3.25. The van der Waals surface area contributed by atoms with E-state index in [0.717, 1.165) is 10.1 Å². The van der Waals surface area contributed by atoms with Crippen molar-refractivity contribution >= 4 is 17.1 Å². The molecule has 0 saturated carbocycles. The van der Waals surface area contributed by atoms with E-state index in [1.54, 1.807) is 11.6 Å². The monoisotopic (exact) mass is 485 g/mol. The van der Waals surface area contributed by atoms with Crippen LogP contribution in [-0.2, 0) is 25.4 Å². The maximum Gasteiger partial charge on any atom is 0.332 e. The highest BCUT2D eigenvalue weighted by Gasteiger charge is 2.21. The van der Waals surface area contributed by atoms with E-state index in [1.165, 1.54) is 17.9 Å². The second-order valence-electron chi connectivity index (χ2n) is 8.78. The highest BCUT2D eigenvalue weighted by molar-refractivity contribution is 5.76. The number of amides is 1. The molecule has 1 aromatic carbocycles. The van der Waals surface area contributed by atoms with Crippen LogP contribution >= 0.6 is 0 Å². The van der Waals surface area contributed by atoms with Crippen LogP contribution in [0.25, 0.3) is 11.2 Å². The van der Waals surface area contributed by atoms with Crippen molar-refractivity contribution in [3.05, 3.63) is 50.9 Å². The zero-order valence-corrected chi connectivity index (χ0v) is 21.3. The predicted molar refractivity (Wildman–Crippen MR) is 134 cm³/mol. The summed E-state index contributed by atoms with van der Waals surface area (Å²) in [6, 6.07) is 5.57. The van der Waals surface area contributed by atoms with Crippen molar-refractivity contribution < 1.29 is 14.3 Å². The Kier molecular flexibility index (Phi) is 8.37. The van der Waals surface area contributed by atoms with Crippen molar-refractivity contribution in [3.63, 3.8) is 0 Å². The molecule has 35 heavy (non-hydrogen) atoms. The third kappa shape index (κ3) is 5.58. The fourth-order valence-corrected chi connectivity index (χ4v) is 4.12.